The van der Waals surface area contributed by atoms with E-state index in [-0.39, 0.29) is 16.7 Å². The van der Waals surface area contributed by atoms with Gasteiger partial charge < -0.3 is 14.8 Å². The molecule has 2 aliphatic heterocycles. The highest BCUT2D eigenvalue weighted by Gasteiger charge is 2.42. The maximum Gasteiger partial charge on any atom is 0.297 e. The fourth-order valence-corrected chi connectivity index (χ4v) is 2.23. The van der Waals surface area contributed by atoms with E-state index >= 15 is 0 Å². The molecule has 98 valence electrons. The summed E-state index contributed by atoms with van der Waals surface area (Å²) in [6, 6.07) is 4.68. The summed E-state index contributed by atoms with van der Waals surface area (Å²) in [5.41, 5.74) is 0.298. The summed E-state index contributed by atoms with van der Waals surface area (Å²) in [4.78, 5) is 10.6. The van der Waals surface area contributed by atoms with Crippen LogP contribution in [0.3, 0.4) is 0 Å². The average Bonchev–Trinajstić information content (AvgIpc) is 2.56. The van der Waals surface area contributed by atoms with Crippen molar-refractivity contribution in [1.29, 1.82) is 5.26 Å². The number of anilines is 1. The minimum Gasteiger partial charge on any atom is -0.490 e. The molecule has 7 heteroatoms. The lowest BCUT2D eigenvalue weighted by Gasteiger charge is -2.39. The van der Waals surface area contributed by atoms with Crippen LogP contribution in [0, 0.1) is 26.9 Å². The van der Waals surface area contributed by atoms with E-state index in [0.29, 0.717) is 37.8 Å². The van der Waals surface area contributed by atoms with Crippen LogP contribution in [-0.2, 0) is 4.74 Å². The van der Waals surface area contributed by atoms with E-state index in [0.717, 1.165) is 0 Å². The number of hydrogen-bond donors (Lipinski definition) is 1. The summed E-state index contributed by atoms with van der Waals surface area (Å²) in [5, 5.41) is 23.0. The Bertz CT molecular complexity index is 589. The van der Waals surface area contributed by atoms with Crippen molar-refractivity contribution < 1.29 is 14.4 Å². The molecule has 2 heterocycles. The molecule has 0 bridgehead atoms. The Labute approximate surface area is 108 Å². The molecule has 0 radical (unpaired) electrons. The number of nitrogens with one attached hydrogen (secondary N) is 1. The molecular weight excluding hydrogens is 250 g/mol. The molecule has 0 amide bonds. The van der Waals surface area contributed by atoms with Gasteiger partial charge in [-0.05, 0) is 0 Å². The van der Waals surface area contributed by atoms with Crippen LogP contribution in [0.15, 0.2) is 12.1 Å². The molecule has 2 aliphatic rings. The Morgan fingerprint density at radius 3 is 2.79 bits per heavy atom. The minimum absolute atomic E-state index is 0.125. The van der Waals surface area contributed by atoms with E-state index in [2.05, 4.69) is 5.32 Å². The van der Waals surface area contributed by atoms with Gasteiger partial charge in [0, 0.05) is 18.7 Å². The van der Waals surface area contributed by atoms with Crippen LogP contribution < -0.4 is 10.1 Å². The molecule has 1 spiro atoms. The van der Waals surface area contributed by atoms with E-state index in [9.17, 15) is 10.1 Å². The van der Waals surface area contributed by atoms with E-state index in [4.69, 9.17) is 14.7 Å². The van der Waals surface area contributed by atoms with Gasteiger partial charge in [0.1, 0.15) is 6.61 Å². The molecular formula is C12H11N3O4. The quantitative estimate of drug-likeness (QED) is 0.604. The van der Waals surface area contributed by atoms with Gasteiger partial charge in [0.05, 0.1) is 35.2 Å². The number of nitro benzene ring substituents is 1. The average molecular weight is 261 g/mol. The summed E-state index contributed by atoms with van der Waals surface area (Å²) < 4.78 is 10.8. The Kier molecular flexibility index (Phi) is 2.54. The molecule has 0 saturated carbocycles. The van der Waals surface area contributed by atoms with Crippen LogP contribution in [-0.4, -0.2) is 31.3 Å². The number of nitrogens with zero attached hydrogens (tertiary/aromatic N) is 2. The third kappa shape index (κ3) is 1.86. The molecule has 1 fully saturated rings. The Balaban J connectivity index is 2.03. The molecule has 1 N–H and O–H groups in total. The van der Waals surface area contributed by atoms with Crippen molar-refractivity contribution in [2.45, 2.75) is 0 Å². The number of benzene rings is 1. The second-order valence-corrected chi connectivity index (χ2v) is 4.87. The van der Waals surface area contributed by atoms with Gasteiger partial charge in [0.15, 0.2) is 11.4 Å². The van der Waals surface area contributed by atoms with Crippen molar-refractivity contribution in [1.82, 2.24) is 0 Å². The number of rotatable bonds is 1. The number of nitro groups is 1. The molecule has 1 aromatic carbocycles. The van der Waals surface area contributed by atoms with Crippen LogP contribution in [0.5, 0.6) is 5.75 Å². The van der Waals surface area contributed by atoms with Crippen molar-refractivity contribution in [3.05, 3.63) is 27.8 Å². The predicted molar refractivity (Wildman–Crippen MR) is 65.0 cm³/mol. The summed E-state index contributed by atoms with van der Waals surface area (Å²) in [5.74, 6) is 0.356. The Morgan fingerprint density at radius 1 is 1.42 bits per heavy atom. The molecule has 0 atom stereocenters. The van der Waals surface area contributed by atoms with Gasteiger partial charge in [-0.25, -0.2) is 0 Å². The highest BCUT2D eigenvalue weighted by Crippen LogP contribution is 2.41. The third-order valence-corrected chi connectivity index (χ3v) is 3.40. The minimum atomic E-state index is -0.509. The molecule has 3 rings (SSSR count). The lowest BCUT2D eigenvalue weighted by Crippen LogP contribution is -2.50. The lowest BCUT2D eigenvalue weighted by molar-refractivity contribution is -0.384. The molecule has 1 saturated heterocycles. The second-order valence-electron chi connectivity index (χ2n) is 4.87. The van der Waals surface area contributed by atoms with Crippen molar-refractivity contribution >= 4 is 11.4 Å². The fraction of sp³-hybridized carbons (Fsp3) is 0.417. The maximum absolute atomic E-state index is 11.1. The van der Waals surface area contributed by atoms with Crippen molar-refractivity contribution in [2.24, 2.45) is 5.41 Å². The van der Waals surface area contributed by atoms with Gasteiger partial charge in [0.2, 0.25) is 0 Å². The smallest absolute Gasteiger partial charge is 0.297 e. The summed E-state index contributed by atoms with van der Waals surface area (Å²) >= 11 is 0. The number of nitriles is 1. The molecule has 0 aromatic heterocycles. The van der Waals surface area contributed by atoms with Crippen LogP contribution >= 0.6 is 0 Å². The topological polar surface area (TPSA) is 97.4 Å². The van der Waals surface area contributed by atoms with E-state index in [1.165, 1.54) is 12.1 Å². The molecule has 19 heavy (non-hydrogen) atoms. The monoisotopic (exact) mass is 261 g/mol. The zero-order valence-corrected chi connectivity index (χ0v) is 10.0. The van der Waals surface area contributed by atoms with E-state index in [1.807, 2.05) is 6.07 Å². The highest BCUT2D eigenvalue weighted by molar-refractivity contribution is 5.73. The highest BCUT2D eigenvalue weighted by atomic mass is 16.6. The van der Waals surface area contributed by atoms with E-state index in [1.54, 1.807) is 0 Å². The fourth-order valence-electron chi connectivity index (χ4n) is 2.23. The van der Waals surface area contributed by atoms with Crippen LogP contribution in [0.1, 0.15) is 5.56 Å². The van der Waals surface area contributed by atoms with E-state index < -0.39 is 4.92 Å². The number of ether oxygens (including phenoxy) is 2. The SMILES string of the molecule is N#Cc1cc2c(c([N+](=O)[O-])c1)NCC1(COC1)CO2. The number of hydrogen-bond acceptors (Lipinski definition) is 6. The van der Waals surface area contributed by atoms with Gasteiger partial charge in [-0.3, -0.25) is 10.1 Å². The van der Waals surface area contributed by atoms with Gasteiger partial charge in [-0.15, -0.1) is 0 Å². The first-order valence-corrected chi connectivity index (χ1v) is 5.80. The molecule has 0 aliphatic carbocycles. The first kappa shape index (κ1) is 11.7. The zero-order chi connectivity index (χ0) is 13.5. The second kappa shape index (κ2) is 4.10. The van der Waals surface area contributed by atoms with Crippen LogP contribution in [0.4, 0.5) is 11.4 Å². The van der Waals surface area contributed by atoms with Crippen LogP contribution in [0.2, 0.25) is 0 Å². The van der Waals surface area contributed by atoms with Crippen LogP contribution in [0.25, 0.3) is 0 Å². The standard InChI is InChI=1S/C12H11N3O4/c13-3-8-1-9(15(16)17)11-10(2-8)19-7-12(4-14-11)5-18-6-12/h1-2,14H,4-7H2. The lowest BCUT2D eigenvalue weighted by atomic mass is 9.87. The normalized spacial score (nSPS) is 19.1. The molecule has 0 unspecified atom stereocenters. The van der Waals surface area contributed by atoms with Gasteiger partial charge in [0.25, 0.3) is 5.69 Å². The van der Waals surface area contributed by atoms with Crippen molar-refractivity contribution in [2.75, 3.05) is 31.7 Å². The summed E-state index contributed by atoms with van der Waals surface area (Å²) in [7, 11) is 0. The van der Waals surface area contributed by atoms with Gasteiger partial charge in [-0.1, -0.05) is 0 Å². The summed E-state index contributed by atoms with van der Waals surface area (Å²) in [6.07, 6.45) is 0. The maximum atomic E-state index is 11.1. The molecule has 1 aromatic rings. The number of fused-ring (bicyclic) bond motifs is 1. The first-order chi connectivity index (χ1) is 9.13. The summed E-state index contributed by atoms with van der Waals surface area (Å²) in [6.45, 7) is 2.14. The first-order valence-electron chi connectivity index (χ1n) is 5.80. The van der Waals surface area contributed by atoms with Crippen molar-refractivity contribution in [3.8, 4) is 11.8 Å². The predicted octanol–water partition coefficient (Wildman–Crippen LogP) is 1.29. The molecule has 7 nitrogen and oxygen atoms in total. The largest absolute Gasteiger partial charge is 0.490 e. The van der Waals surface area contributed by atoms with Gasteiger partial charge in [-0.2, -0.15) is 5.26 Å². The third-order valence-electron chi connectivity index (χ3n) is 3.40. The zero-order valence-electron chi connectivity index (χ0n) is 10.0. The Morgan fingerprint density at radius 2 is 2.21 bits per heavy atom. The van der Waals surface area contributed by atoms with Crippen molar-refractivity contribution in [3.63, 3.8) is 0 Å². The van der Waals surface area contributed by atoms with Gasteiger partial charge >= 0.3 is 0 Å². The Hall–Kier alpha value is -2.33.